The summed E-state index contributed by atoms with van der Waals surface area (Å²) in [7, 11) is 0. The maximum absolute atomic E-state index is 13.4. The van der Waals surface area contributed by atoms with E-state index < -0.39 is 0 Å². The number of para-hydroxylation sites is 1. The molecule has 0 aliphatic carbocycles. The van der Waals surface area contributed by atoms with E-state index >= 15 is 0 Å². The number of benzene rings is 2. The van der Waals surface area contributed by atoms with Gasteiger partial charge in [0, 0.05) is 42.4 Å². The molecule has 0 aliphatic rings. The Labute approximate surface area is 174 Å². The van der Waals surface area contributed by atoms with Crippen LogP contribution in [0.15, 0.2) is 77.7 Å². The first-order valence-corrected chi connectivity index (χ1v) is 9.95. The Balaban J connectivity index is 1.56. The molecule has 2 aromatic heterocycles. The molecule has 0 saturated heterocycles. The molecule has 148 valence electrons. The number of halogens is 1. The summed E-state index contributed by atoms with van der Waals surface area (Å²) >= 11 is 6.14. The minimum atomic E-state index is -0.385. The molecule has 0 unspecified atom stereocenters. The van der Waals surface area contributed by atoms with Crippen LogP contribution in [0.1, 0.15) is 24.2 Å². The molecule has 5 nitrogen and oxygen atoms in total. The third kappa shape index (κ3) is 4.51. The Bertz CT molecular complexity index is 1070. The molecule has 0 aliphatic heterocycles. The number of carbonyl (C=O) groups is 1. The predicted molar refractivity (Wildman–Crippen MR) is 114 cm³/mol. The zero-order valence-corrected chi connectivity index (χ0v) is 16.9. The molecule has 1 atom stereocenters. The Morgan fingerprint density at radius 2 is 2.07 bits per heavy atom. The minimum Gasteiger partial charge on any atom is -0.460 e. The van der Waals surface area contributed by atoms with Gasteiger partial charge in [0.15, 0.2) is 0 Å². The van der Waals surface area contributed by atoms with Crippen LogP contribution in [0.2, 0.25) is 5.02 Å². The van der Waals surface area contributed by atoms with Crippen LogP contribution in [-0.4, -0.2) is 26.9 Å². The van der Waals surface area contributed by atoms with Gasteiger partial charge in [-0.2, -0.15) is 0 Å². The zero-order valence-electron chi connectivity index (χ0n) is 16.2. The van der Waals surface area contributed by atoms with Crippen molar-refractivity contribution >= 4 is 28.5 Å². The van der Waals surface area contributed by atoms with E-state index in [-0.39, 0.29) is 11.8 Å². The topological polar surface area (TPSA) is 51.3 Å². The number of imidazole rings is 1. The van der Waals surface area contributed by atoms with Crippen LogP contribution in [0.25, 0.3) is 11.0 Å². The fourth-order valence-corrected chi connectivity index (χ4v) is 3.60. The van der Waals surface area contributed by atoms with Crippen LogP contribution >= 0.6 is 11.6 Å². The second kappa shape index (κ2) is 8.53. The maximum Gasteiger partial charge on any atom is 0.233 e. The standard InChI is InChI=1S/C23H22ClN3O2/c1-17(22-14-19-6-2-3-8-21(19)29-22)23(28)27(12-11-26-10-9-25-16-26)15-18-5-4-7-20(24)13-18/h2-10,13-14,16-17H,11-12,15H2,1H3/t17-/m0/s1. The van der Waals surface area contributed by atoms with Crippen molar-refractivity contribution in [3.8, 4) is 0 Å². The van der Waals surface area contributed by atoms with Crippen LogP contribution in [0, 0.1) is 0 Å². The molecule has 0 radical (unpaired) electrons. The van der Waals surface area contributed by atoms with E-state index in [0.717, 1.165) is 16.5 Å². The number of furan rings is 1. The molecule has 4 rings (SSSR count). The van der Waals surface area contributed by atoms with E-state index in [0.29, 0.717) is 30.4 Å². The summed E-state index contributed by atoms with van der Waals surface area (Å²) in [5.74, 6) is 0.309. The van der Waals surface area contributed by atoms with Crippen molar-refractivity contribution in [2.24, 2.45) is 0 Å². The smallest absolute Gasteiger partial charge is 0.233 e. The molecule has 2 aromatic carbocycles. The molecule has 6 heteroatoms. The monoisotopic (exact) mass is 407 g/mol. The van der Waals surface area contributed by atoms with Gasteiger partial charge in [-0.1, -0.05) is 41.9 Å². The van der Waals surface area contributed by atoms with Crippen LogP contribution in [-0.2, 0) is 17.9 Å². The average molecular weight is 408 g/mol. The summed E-state index contributed by atoms with van der Waals surface area (Å²) < 4.78 is 7.90. The highest BCUT2D eigenvalue weighted by molar-refractivity contribution is 6.30. The van der Waals surface area contributed by atoms with Gasteiger partial charge in [-0.05, 0) is 36.8 Å². The highest BCUT2D eigenvalue weighted by atomic mass is 35.5. The lowest BCUT2D eigenvalue weighted by molar-refractivity contribution is -0.133. The molecule has 0 N–H and O–H groups in total. The number of nitrogens with zero attached hydrogens (tertiary/aromatic N) is 3. The van der Waals surface area contributed by atoms with Crippen molar-refractivity contribution in [1.29, 1.82) is 0 Å². The first-order chi connectivity index (χ1) is 14.1. The van der Waals surface area contributed by atoms with Gasteiger partial charge >= 0.3 is 0 Å². The highest BCUT2D eigenvalue weighted by Gasteiger charge is 2.25. The molecule has 29 heavy (non-hydrogen) atoms. The fraction of sp³-hybridized carbons (Fsp3) is 0.217. The van der Waals surface area contributed by atoms with Crippen LogP contribution < -0.4 is 0 Å². The van der Waals surface area contributed by atoms with Crippen LogP contribution in [0.4, 0.5) is 0 Å². The van der Waals surface area contributed by atoms with Gasteiger partial charge in [-0.3, -0.25) is 4.79 Å². The number of amides is 1. The SMILES string of the molecule is C[C@H](C(=O)N(CCn1ccnc1)Cc1cccc(Cl)c1)c1cc2ccccc2o1. The van der Waals surface area contributed by atoms with Crippen LogP contribution in [0.5, 0.6) is 0 Å². The van der Waals surface area contributed by atoms with E-state index in [1.165, 1.54) is 0 Å². The summed E-state index contributed by atoms with van der Waals surface area (Å²) in [4.78, 5) is 19.3. The number of fused-ring (bicyclic) bond motifs is 1. The van der Waals surface area contributed by atoms with Gasteiger partial charge in [0.25, 0.3) is 0 Å². The lowest BCUT2D eigenvalue weighted by Crippen LogP contribution is -2.36. The first-order valence-electron chi connectivity index (χ1n) is 9.57. The van der Waals surface area contributed by atoms with Gasteiger partial charge in [0.1, 0.15) is 11.3 Å². The van der Waals surface area contributed by atoms with Gasteiger partial charge in [-0.25, -0.2) is 4.98 Å². The second-order valence-electron chi connectivity index (χ2n) is 7.10. The van der Waals surface area contributed by atoms with Crippen LogP contribution in [0.3, 0.4) is 0 Å². The highest BCUT2D eigenvalue weighted by Crippen LogP contribution is 2.27. The number of hydrogen-bond acceptors (Lipinski definition) is 3. The van der Waals surface area contributed by atoms with Gasteiger partial charge < -0.3 is 13.9 Å². The van der Waals surface area contributed by atoms with Crippen molar-refractivity contribution < 1.29 is 9.21 Å². The number of hydrogen-bond donors (Lipinski definition) is 0. The average Bonchev–Trinajstić information content (AvgIpc) is 3.39. The van der Waals surface area contributed by atoms with Crippen molar-refractivity contribution in [2.75, 3.05) is 6.54 Å². The third-order valence-electron chi connectivity index (χ3n) is 5.00. The Morgan fingerprint density at radius 1 is 1.21 bits per heavy atom. The normalized spacial score (nSPS) is 12.2. The third-order valence-corrected chi connectivity index (χ3v) is 5.24. The summed E-state index contributed by atoms with van der Waals surface area (Å²) in [6, 6.07) is 17.4. The number of aromatic nitrogens is 2. The lowest BCUT2D eigenvalue weighted by Gasteiger charge is -2.25. The van der Waals surface area contributed by atoms with E-state index in [2.05, 4.69) is 4.98 Å². The number of carbonyl (C=O) groups excluding carboxylic acids is 1. The van der Waals surface area contributed by atoms with E-state index in [1.54, 1.807) is 12.5 Å². The Morgan fingerprint density at radius 3 is 2.83 bits per heavy atom. The minimum absolute atomic E-state index is 0.0177. The van der Waals surface area contributed by atoms with E-state index in [9.17, 15) is 4.79 Å². The summed E-state index contributed by atoms with van der Waals surface area (Å²) in [5, 5.41) is 1.66. The van der Waals surface area contributed by atoms with Gasteiger partial charge in [0.2, 0.25) is 5.91 Å². The molecule has 2 heterocycles. The van der Waals surface area contributed by atoms with Crippen molar-refractivity contribution in [2.45, 2.75) is 25.9 Å². The first kappa shape index (κ1) is 19.3. The summed E-state index contributed by atoms with van der Waals surface area (Å²) in [5.41, 5.74) is 1.79. The zero-order chi connectivity index (χ0) is 20.2. The molecule has 0 spiro atoms. The molecular formula is C23H22ClN3O2. The van der Waals surface area contributed by atoms with Gasteiger partial charge in [-0.15, -0.1) is 0 Å². The summed E-state index contributed by atoms with van der Waals surface area (Å²) in [6.45, 7) is 3.60. The molecule has 0 saturated carbocycles. The summed E-state index contributed by atoms with van der Waals surface area (Å²) in [6.07, 6.45) is 5.38. The van der Waals surface area contributed by atoms with Crippen molar-refractivity contribution in [3.63, 3.8) is 0 Å². The number of rotatable bonds is 7. The van der Waals surface area contributed by atoms with E-state index in [4.69, 9.17) is 16.0 Å². The van der Waals surface area contributed by atoms with Crippen molar-refractivity contribution in [1.82, 2.24) is 14.5 Å². The Hall–Kier alpha value is -3.05. The molecule has 0 fully saturated rings. The Kier molecular flexibility index (Phi) is 5.67. The molecular weight excluding hydrogens is 386 g/mol. The lowest BCUT2D eigenvalue weighted by atomic mass is 10.1. The second-order valence-corrected chi connectivity index (χ2v) is 7.53. The molecule has 0 bridgehead atoms. The quantitative estimate of drug-likeness (QED) is 0.427. The molecule has 4 aromatic rings. The van der Waals surface area contributed by atoms with Gasteiger partial charge in [0.05, 0.1) is 12.2 Å². The van der Waals surface area contributed by atoms with Crippen molar-refractivity contribution in [3.05, 3.63) is 89.7 Å². The predicted octanol–water partition coefficient (Wildman–Crippen LogP) is 5.12. The van der Waals surface area contributed by atoms with E-state index in [1.807, 2.05) is 77.2 Å². The maximum atomic E-state index is 13.4. The largest absolute Gasteiger partial charge is 0.460 e. The molecule has 1 amide bonds. The fourth-order valence-electron chi connectivity index (χ4n) is 3.39.